The molecule has 0 bridgehead atoms. The van der Waals surface area contributed by atoms with Gasteiger partial charge < -0.3 is 9.80 Å². The first kappa shape index (κ1) is 18.0. The molecule has 0 saturated carbocycles. The van der Waals surface area contributed by atoms with Gasteiger partial charge in [-0.1, -0.05) is 42.5 Å². The molecule has 2 saturated heterocycles. The zero-order valence-corrected chi connectivity index (χ0v) is 15.8. The minimum atomic E-state index is 0.0926. The van der Waals surface area contributed by atoms with Crippen LogP contribution in [-0.2, 0) is 16.1 Å². The second kappa shape index (κ2) is 8.09. The van der Waals surface area contributed by atoms with Crippen LogP contribution in [0.2, 0.25) is 0 Å². The van der Waals surface area contributed by atoms with Crippen molar-refractivity contribution < 1.29 is 9.59 Å². The van der Waals surface area contributed by atoms with Crippen molar-refractivity contribution in [3.05, 3.63) is 48.0 Å². The van der Waals surface area contributed by atoms with Gasteiger partial charge in [0.2, 0.25) is 11.8 Å². The number of amides is 2. The second-order valence-electron chi connectivity index (χ2n) is 7.57. The lowest BCUT2D eigenvalue weighted by molar-refractivity contribution is -0.142. The van der Waals surface area contributed by atoms with E-state index in [0.29, 0.717) is 6.42 Å². The predicted molar refractivity (Wildman–Crippen MR) is 106 cm³/mol. The van der Waals surface area contributed by atoms with Gasteiger partial charge in [-0.2, -0.15) is 0 Å². The fraction of sp³-hybridized carbons (Fsp3) is 0.455. The van der Waals surface area contributed by atoms with Crippen molar-refractivity contribution in [2.75, 3.05) is 39.3 Å². The zero-order chi connectivity index (χ0) is 18.6. The maximum atomic E-state index is 12.6. The normalized spacial score (nSPS) is 18.9. The Balaban J connectivity index is 1.32. The minimum absolute atomic E-state index is 0.0926. The third kappa shape index (κ3) is 4.14. The monoisotopic (exact) mass is 365 g/mol. The first-order chi connectivity index (χ1) is 13.2. The van der Waals surface area contributed by atoms with Crippen molar-refractivity contribution in [1.29, 1.82) is 0 Å². The van der Waals surface area contributed by atoms with Crippen molar-refractivity contribution in [3.63, 3.8) is 0 Å². The molecular formula is C22H27N3O2. The van der Waals surface area contributed by atoms with E-state index in [1.807, 2.05) is 4.90 Å². The molecule has 2 heterocycles. The molecule has 2 aromatic rings. The van der Waals surface area contributed by atoms with Crippen LogP contribution in [0.5, 0.6) is 0 Å². The van der Waals surface area contributed by atoms with E-state index >= 15 is 0 Å². The maximum Gasteiger partial charge on any atom is 0.242 e. The first-order valence-corrected chi connectivity index (χ1v) is 9.95. The molecule has 5 nitrogen and oxygen atoms in total. The third-order valence-corrected chi connectivity index (χ3v) is 5.75. The molecule has 0 spiro atoms. The summed E-state index contributed by atoms with van der Waals surface area (Å²) in [5.74, 6) is 0.222. The van der Waals surface area contributed by atoms with Crippen LogP contribution in [0.25, 0.3) is 10.8 Å². The molecule has 0 N–H and O–H groups in total. The van der Waals surface area contributed by atoms with E-state index in [1.54, 1.807) is 4.90 Å². The van der Waals surface area contributed by atoms with E-state index in [9.17, 15) is 9.59 Å². The number of likely N-dealkylation sites (tertiary alicyclic amines) is 1. The fourth-order valence-electron chi connectivity index (χ4n) is 4.12. The number of fused-ring (bicyclic) bond motifs is 1. The van der Waals surface area contributed by atoms with Gasteiger partial charge in [0.05, 0.1) is 6.54 Å². The van der Waals surface area contributed by atoms with Crippen molar-refractivity contribution in [2.24, 2.45) is 0 Å². The van der Waals surface area contributed by atoms with E-state index in [0.717, 1.165) is 52.1 Å². The summed E-state index contributed by atoms with van der Waals surface area (Å²) in [7, 11) is 0. The fourth-order valence-corrected chi connectivity index (χ4v) is 4.12. The maximum absolute atomic E-state index is 12.6. The number of benzene rings is 2. The van der Waals surface area contributed by atoms with Gasteiger partial charge in [-0.15, -0.1) is 0 Å². The molecule has 0 aromatic heterocycles. The summed E-state index contributed by atoms with van der Waals surface area (Å²) >= 11 is 0. The molecule has 5 heteroatoms. The summed E-state index contributed by atoms with van der Waals surface area (Å²) in [6.45, 7) is 5.13. The Morgan fingerprint density at radius 3 is 2.48 bits per heavy atom. The molecule has 0 aliphatic carbocycles. The molecule has 2 aromatic carbocycles. The van der Waals surface area contributed by atoms with Crippen molar-refractivity contribution in [2.45, 2.75) is 25.8 Å². The SMILES string of the molecule is O=C(CN1CCCCC1=O)N1CCN(Cc2cccc3ccccc23)CC1. The molecule has 2 aliphatic heterocycles. The van der Waals surface area contributed by atoms with Gasteiger partial charge in [-0.05, 0) is 29.2 Å². The Bertz CT molecular complexity index is 822. The Morgan fingerprint density at radius 1 is 0.889 bits per heavy atom. The number of carbonyl (C=O) groups excluding carboxylic acids is 2. The largest absolute Gasteiger partial charge is 0.339 e. The summed E-state index contributed by atoms with van der Waals surface area (Å²) in [5.41, 5.74) is 1.34. The highest BCUT2D eigenvalue weighted by Crippen LogP contribution is 2.20. The molecule has 2 aliphatic rings. The van der Waals surface area contributed by atoms with Crippen LogP contribution in [0.1, 0.15) is 24.8 Å². The summed E-state index contributed by atoms with van der Waals surface area (Å²) in [5, 5.41) is 2.58. The van der Waals surface area contributed by atoms with Gasteiger partial charge >= 0.3 is 0 Å². The quantitative estimate of drug-likeness (QED) is 0.836. The molecule has 142 valence electrons. The summed E-state index contributed by atoms with van der Waals surface area (Å²) in [6.07, 6.45) is 2.56. The summed E-state index contributed by atoms with van der Waals surface area (Å²) < 4.78 is 0. The summed E-state index contributed by atoms with van der Waals surface area (Å²) in [4.78, 5) is 30.5. The molecule has 0 radical (unpaired) electrons. The highest BCUT2D eigenvalue weighted by molar-refractivity contribution is 5.86. The number of hydrogen-bond donors (Lipinski definition) is 0. The van der Waals surface area contributed by atoms with Gasteiger partial charge in [0, 0.05) is 45.7 Å². The number of piperazine rings is 1. The Hall–Kier alpha value is -2.40. The molecular weight excluding hydrogens is 338 g/mol. The molecule has 2 amide bonds. The van der Waals surface area contributed by atoms with Crippen molar-refractivity contribution >= 4 is 22.6 Å². The average Bonchev–Trinajstić information content (AvgIpc) is 2.70. The predicted octanol–water partition coefficient (Wildman–Crippen LogP) is 2.50. The van der Waals surface area contributed by atoms with Gasteiger partial charge in [0.25, 0.3) is 0 Å². The van der Waals surface area contributed by atoms with E-state index in [2.05, 4.69) is 47.4 Å². The number of hydrogen-bond acceptors (Lipinski definition) is 3. The van der Waals surface area contributed by atoms with Crippen LogP contribution < -0.4 is 0 Å². The van der Waals surface area contributed by atoms with Crippen LogP contribution >= 0.6 is 0 Å². The van der Waals surface area contributed by atoms with Crippen LogP contribution in [0, 0.1) is 0 Å². The zero-order valence-electron chi connectivity index (χ0n) is 15.8. The third-order valence-electron chi connectivity index (χ3n) is 5.75. The van der Waals surface area contributed by atoms with Crippen LogP contribution in [0.4, 0.5) is 0 Å². The second-order valence-corrected chi connectivity index (χ2v) is 7.57. The topological polar surface area (TPSA) is 43.9 Å². The molecule has 4 rings (SSSR count). The standard InChI is InChI=1S/C22H27N3O2/c26-21-10-3-4-11-25(21)17-22(27)24-14-12-23(13-15-24)16-19-8-5-7-18-6-1-2-9-20(18)19/h1-2,5-9H,3-4,10-17H2. The molecule has 0 unspecified atom stereocenters. The van der Waals surface area contributed by atoms with Crippen molar-refractivity contribution in [3.8, 4) is 0 Å². The van der Waals surface area contributed by atoms with Crippen LogP contribution in [0.15, 0.2) is 42.5 Å². The van der Waals surface area contributed by atoms with Crippen LogP contribution in [-0.4, -0.2) is 65.8 Å². The number of piperidine rings is 1. The van der Waals surface area contributed by atoms with Gasteiger partial charge in [0.15, 0.2) is 0 Å². The Morgan fingerprint density at radius 2 is 1.67 bits per heavy atom. The lowest BCUT2D eigenvalue weighted by Gasteiger charge is -2.36. The molecule has 2 fully saturated rings. The smallest absolute Gasteiger partial charge is 0.242 e. The average molecular weight is 365 g/mol. The van der Waals surface area contributed by atoms with E-state index in [4.69, 9.17) is 0 Å². The molecule has 27 heavy (non-hydrogen) atoms. The minimum Gasteiger partial charge on any atom is -0.339 e. The molecule has 0 atom stereocenters. The first-order valence-electron chi connectivity index (χ1n) is 9.95. The lowest BCUT2D eigenvalue weighted by atomic mass is 10.0. The summed E-state index contributed by atoms with van der Waals surface area (Å²) in [6, 6.07) is 15.0. The Labute approximate surface area is 160 Å². The van der Waals surface area contributed by atoms with E-state index in [1.165, 1.54) is 16.3 Å². The Kier molecular flexibility index (Phi) is 5.39. The van der Waals surface area contributed by atoms with Gasteiger partial charge in [-0.25, -0.2) is 0 Å². The highest BCUT2D eigenvalue weighted by Gasteiger charge is 2.26. The van der Waals surface area contributed by atoms with Crippen LogP contribution in [0.3, 0.4) is 0 Å². The lowest BCUT2D eigenvalue weighted by Crippen LogP contribution is -2.52. The van der Waals surface area contributed by atoms with Gasteiger partial charge in [-0.3, -0.25) is 14.5 Å². The van der Waals surface area contributed by atoms with Gasteiger partial charge in [0.1, 0.15) is 0 Å². The van der Waals surface area contributed by atoms with E-state index in [-0.39, 0.29) is 18.4 Å². The van der Waals surface area contributed by atoms with Crippen molar-refractivity contribution in [1.82, 2.24) is 14.7 Å². The number of nitrogens with zero attached hydrogens (tertiary/aromatic N) is 3. The number of rotatable bonds is 4. The van der Waals surface area contributed by atoms with E-state index < -0.39 is 0 Å². The number of carbonyl (C=O) groups is 2. The highest BCUT2D eigenvalue weighted by atomic mass is 16.2.